The van der Waals surface area contributed by atoms with Crippen molar-refractivity contribution >= 4 is 30.7 Å². The minimum Gasteiger partial charge on any atom is -0.486 e. The number of nitrogens with one attached hydrogen (secondary N) is 1. The Labute approximate surface area is 161 Å². The van der Waals surface area contributed by atoms with E-state index in [2.05, 4.69) is 10.2 Å². The maximum absolute atomic E-state index is 12.5. The normalized spacial score (nSPS) is 19.3. The molecule has 8 heteroatoms. The number of rotatable bonds is 5. The van der Waals surface area contributed by atoms with Gasteiger partial charge in [-0.05, 0) is 19.1 Å². The van der Waals surface area contributed by atoms with Gasteiger partial charge in [0.25, 0.3) is 0 Å². The summed E-state index contributed by atoms with van der Waals surface area (Å²) in [5.41, 5.74) is 0. The first-order chi connectivity index (χ1) is 11.3. The van der Waals surface area contributed by atoms with Gasteiger partial charge in [0.2, 0.25) is 5.91 Å². The lowest BCUT2D eigenvalue weighted by atomic mass is 10.2. The highest BCUT2D eigenvalue weighted by atomic mass is 35.5. The van der Waals surface area contributed by atoms with Crippen LogP contribution in [0.1, 0.15) is 6.92 Å². The van der Waals surface area contributed by atoms with Gasteiger partial charge in [-0.25, -0.2) is 0 Å². The van der Waals surface area contributed by atoms with E-state index in [-0.39, 0.29) is 36.8 Å². The van der Waals surface area contributed by atoms with Gasteiger partial charge < -0.3 is 19.7 Å². The molecule has 0 spiro atoms. The maximum Gasteiger partial charge on any atom is 0.236 e. The van der Waals surface area contributed by atoms with E-state index in [9.17, 15) is 4.79 Å². The number of carbonyl (C=O) groups is 1. The number of halogens is 2. The van der Waals surface area contributed by atoms with E-state index < -0.39 is 0 Å². The Hall–Kier alpha value is -1.21. The first-order valence-electron chi connectivity index (χ1n) is 8.35. The molecule has 0 bridgehead atoms. The topological polar surface area (TPSA) is 54.0 Å². The van der Waals surface area contributed by atoms with Crippen molar-refractivity contribution in [3.8, 4) is 11.5 Å². The van der Waals surface area contributed by atoms with Crippen molar-refractivity contribution in [1.29, 1.82) is 0 Å². The van der Waals surface area contributed by atoms with Gasteiger partial charge in [-0.3, -0.25) is 9.69 Å². The van der Waals surface area contributed by atoms with Gasteiger partial charge in [0, 0.05) is 32.7 Å². The summed E-state index contributed by atoms with van der Waals surface area (Å²) in [6.45, 7) is 7.99. The fourth-order valence-electron chi connectivity index (χ4n) is 2.97. The Kier molecular flexibility index (Phi) is 9.35. The lowest BCUT2D eigenvalue weighted by Gasteiger charge is -2.33. The highest BCUT2D eigenvalue weighted by Crippen LogP contribution is 2.30. The first kappa shape index (κ1) is 21.8. The van der Waals surface area contributed by atoms with Gasteiger partial charge in [-0.2, -0.15) is 0 Å². The van der Waals surface area contributed by atoms with Crippen LogP contribution in [0.4, 0.5) is 0 Å². The molecule has 1 saturated heterocycles. The van der Waals surface area contributed by atoms with Crippen LogP contribution in [-0.2, 0) is 4.79 Å². The molecule has 1 unspecified atom stereocenters. The Morgan fingerprint density at radius 2 is 1.92 bits per heavy atom. The Balaban J connectivity index is 0.00000156. The summed E-state index contributed by atoms with van der Waals surface area (Å²) in [6.07, 6.45) is -0.114. The highest BCUT2D eigenvalue weighted by molar-refractivity contribution is 5.85. The van der Waals surface area contributed by atoms with Crippen LogP contribution in [-0.4, -0.2) is 74.2 Å². The largest absolute Gasteiger partial charge is 0.486 e. The van der Waals surface area contributed by atoms with Crippen molar-refractivity contribution in [3.63, 3.8) is 0 Å². The van der Waals surface area contributed by atoms with E-state index in [1.165, 1.54) is 0 Å². The number of hydrogen-bond acceptors (Lipinski definition) is 5. The molecule has 2 heterocycles. The molecule has 2 aliphatic heterocycles. The number of hydrogen-bond donors (Lipinski definition) is 1. The van der Waals surface area contributed by atoms with Crippen LogP contribution in [0.3, 0.4) is 0 Å². The van der Waals surface area contributed by atoms with E-state index in [0.29, 0.717) is 26.2 Å². The molecule has 3 rings (SSSR count). The molecule has 2 aliphatic rings. The smallest absolute Gasteiger partial charge is 0.236 e. The molecule has 0 radical (unpaired) electrons. The fraction of sp³-hybridized carbons (Fsp3) is 0.588. The van der Waals surface area contributed by atoms with E-state index in [1.807, 2.05) is 36.1 Å². The maximum atomic E-state index is 12.5. The second kappa shape index (κ2) is 10.7. The predicted molar refractivity (Wildman–Crippen MR) is 102 cm³/mol. The summed E-state index contributed by atoms with van der Waals surface area (Å²) in [7, 11) is 0. The number of piperazine rings is 1. The molecule has 142 valence electrons. The van der Waals surface area contributed by atoms with E-state index >= 15 is 0 Å². The van der Waals surface area contributed by atoms with Crippen LogP contribution in [0.5, 0.6) is 11.5 Å². The zero-order valence-electron chi connectivity index (χ0n) is 14.5. The molecule has 0 saturated carbocycles. The molecule has 0 aromatic heterocycles. The molecule has 1 atom stereocenters. The number of benzene rings is 1. The van der Waals surface area contributed by atoms with Crippen molar-refractivity contribution in [1.82, 2.24) is 15.1 Å². The average molecular weight is 392 g/mol. The van der Waals surface area contributed by atoms with Crippen molar-refractivity contribution in [3.05, 3.63) is 24.3 Å². The van der Waals surface area contributed by atoms with Crippen LogP contribution >= 0.6 is 24.8 Å². The number of nitrogens with zero attached hydrogens (tertiary/aromatic N) is 2. The molecular weight excluding hydrogens is 365 g/mol. The number of likely N-dealkylation sites (N-methyl/N-ethyl adjacent to an activating group) is 1. The van der Waals surface area contributed by atoms with E-state index in [1.54, 1.807) is 0 Å². The van der Waals surface area contributed by atoms with Gasteiger partial charge in [-0.15, -0.1) is 24.8 Å². The van der Waals surface area contributed by atoms with Crippen molar-refractivity contribution in [2.75, 3.05) is 52.4 Å². The summed E-state index contributed by atoms with van der Waals surface area (Å²) in [5.74, 6) is 1.70. The molecule has 1 aromatic carbocycles. The van der Waals surface area contributed by atoms with E-state index in [4.69, 9.17) is 9.47 Å². The Morgan fingerprint density at radius 3 is 2.60 bits per heavy atom. The fourth-order valence-corrected chi connectivity index (χ4v) is 2.97. The molecular formula is C17H27Cl2N3O3. The average Bonchev–Trinajstić information content (AvgIpc) is 2.60. The zero-order valence-corrected chi connectivity index (χ0v) is 16.1. The Bertz CT molecular complexity index is 542. The summed E-state index contributed by atoms with van der Waals surface area (Å²) in [6, 6.07) is 7.66. The third-order valence-corrected chi connectivity index (χ3v) is 4.29. The van der Waals surface area contributed by atoms with Crippen molar-refractivity contribution in [2.45, 2.75) is 13.0 Å². The van der Waals surface area contributed by atoms with Crippen LogP contribution in [0.15, 0.2) is 24.3 Å². The van der Waals surface area contributed by atoms with Gasteiger partial charge in [0.1, 0.15) is 6.61 Å². The molecule has 6 nitrogen and oxygen atoms in total. The highest BCUT2D eigenvalue weighted by Gasteiger charge is 2.25. The van der Waals surface area contributed by atoms with Crippen LogP contribution in [0.25, 0.3) is 0 Å². The second-order valence-electron chi connectivity index (χ2n) is 5.96. The number of fused-ring (bicyclic) bond motifs is 1. The molecule has 1 aromatic rings. The standard InChI is InChI=1S/C17H25N3O3.2ClH/c1-2-20(17(21)12-19-9-7-18-8-10-19)11-14-13-22-15-5-3-4-6-16(15)23-14;;/h3-6,14,18H,2,7-13H2,1H3;2*1H. The number of carbonyl (C=O) groups excluding carboxylic acids is 1. The summed E-state index contributed by atoms with van der Waals surface area (Å²) in [5, 5.41) is 3.30. The first-order valence-corrected chi connectivity index (χ1v) is 8.35. The number of para-hydroxylation sites is 2. The zero-order chi connectivity index (χ0) is 16.1. The van der Waals surface area contributed by atoms with Gasteiger partial charge >= 0.3 is 0 Å². The summed E-state index contributed by atoms with van der Waals surface area (Å²) >= 11 is 0. The summed E-state index contributed by atoms with van der Waals surface area (Å²) in [4.78, 5) is 16.6. The van der Waals surface area contributed by atoms with Crippen LogP contribution in [0.2, 0.25) is 0 Å². The van der Waals surface area contributed by atoms with Crippen LogP contribution in [0, 0.1) is 0 Å². The van der Waals surface area contributed by atoms with Gasteiger partial charge in [0.15, 0.2) is 17.6 Å². The van der Waals surface area contributed by atoms with E-state index in [0.717, 1.165) is 37.7 Å². The number of amides is 1. The van der Waals surface area contributed by atoms with Crippen LogP contribution < -0.4 is 14.8 Å². The lowest BCUT2D eigenvalue weighted by molar-refractivity contribution is -0.133. The minimum atomic E-state index is -0.114. The summed E-state index contributed by atoms with van der Waals surface area (Å²) < 4.78 is 11.7. The SMILES string of the molecule is CCN(CC1COc2ccccc2O1)C(=O)CN1CCNCC1.Cl.Cl. The minimum absolute atomic E-state index is 0. The van der Waals surface area contributed by atoms with Crippen molar-refractivity contribution < 1.29 is 14.3 Å². The molecule has 1 amide bonds. The predicted octanol–water partition coefficient (Wildman–Crippen LogP) is 1.42. The monoisotopic (exact) mass is 391 g/mol. The second-order valence-corrected chi connectivity index (χ2v) is 5.96. The molecule has 0 aliphatic carbocycles. The van der Waals surface area contributed by atoms with Gasteiger partial charge in [0.05, 0.1) is 13.1 Å². The third-order valence-electron chi connectivity index (χ3n) is 4.29. The Morgan fingerprint density at radius 1 is 1.24 bits per heavy atom. The van der Waals surface area contributed by atoms with Crippen molar-refractivity contribution in [2.24, 2.45) is 0 Å². The molecule has 1 fully saturated rings. The molecule has 25 heavy (non-hydrogen) atoms. The quantitative estimate of drug-likeness (QED) is 0.822. The molecule has 1 N–H and O–H groups in total. The third kappa shape index (κ3) is 5.92. The lowest BCUT2D eigenvalue weighted by Crippen LogP contribution is -2.50. The van der Waals surface area contributed by atoms with Gasteiger partial charge in [-0.1, -0.05) is 12.1 Å². The number of ether oxygens (including phenoxy) is 2.